The smallest absolute Gasteiger partial charge is 0.0646 e. The molecule has 0 spiro atoms. The minimum absolute atomic E-state index is 0.258. The molecule has 2 aliphatic carbocycles. The van der Waals surface area contributed by atoms with E-state index in [0.29, 0.717) is 11.8 Å². The van der Waals surface area contributed by atoms with Gasteiger partial charge in [0.15, 0.2) is 0 Å². The fourth-order valence-electron chi connectivity index (χ4n) is 4.49. The second-order valence-corrected chi connectivity index (χ2v) is 11.2. The van der Waals surface area contributed by atoms with Crippen LogP contribution in [0.4, 0.5) is 0 Å². The SMILES string of the molecule is CCC(C)(C)C1=C(C)C(C)[C]=C1[SiH2]C1=[C]C(C)C(C)=C1C(C)(C)CC. The summed E-state index contributed by atoms with van der Waals surface area (Å²) in [6, 6.07) is 0. The van der Waals surface area contributed by atoms with Crippen molar-refractivity contribution in [3.8, 4) is 0 Å². The van der Waals surface area contributed by atoms with Crippen LogP contribution in [0.2, 0.25) is 0 Å². The fourth-order valence-corrected chi connectivity index (χ4v) is 7.52. The van der Waals surface area contributed by atoms with E-state index in [9.17, 15) is 0 Å². The number of hydrogen-bond donors (Lipinski definition) is 0. The zero-order valence-electron chi connectivity index (χ0n) is 18.3. The summed E-state index contributed by atoms with van der Waals surface area (Å²) in [6.45, 7) is 23.6. The summed E-state index contributed by atoms with van der Waals surface area (Å²) >= 11 is 0. The van der Waals surface area contributed by atoms with Crippen molar-refractivity contribution < 1.29 is 0 Å². The van der Waals surface area contributed by atoms with Gasteiger partial charge < -0.3 is 0 Å². The van der Waals surface area contributed by atoms with Gasteiger partial charge in [-0.3, -0.25) is 0 Å². The zero-order chi connectivity index (χ0) is 19.2. The lowest BCUT2D eigenvalue weighted by Crippen LogP contribution is -2.22. The van der Waals surface area contributed by atoms with Gasteiger partial charge in [0.1, 0.15) is 0 Å². The van der Waals surface area contributed by atoms with Gasteiger partial charge in [-0.15, -0.1) is 0 Å². The molecule has 1 heteroatoms. The average Bonchev–Trinajstić information content (AvgIpc) is 2.97. The molecule has 0 saturated heterocycles. The molecule has 0 fully saturated rings. The monoisotopic (exact) mass is 354 g/mol. The molecule has 0 aromatic heterocycles. The summed E-state index contributed by atoms with van der Waals surface area (Å²) in [6.07, 6.45) is 10.1. The van der Waals surface area contributed by atoms with Crippen molar-refractivity contribution in [3.05, 3.63) is 44.8 Å². The van der Waals surface area contributed by atoms with E-state index in [-0.39, 0.29) is 10.8 Å². The highest BCUT2D eigenvalue weighted by atomic mass is 28.2. The quantitative estimate of drug-likeness (QED) is 0.489. The fraction of sp³-hybridized carbons (Fsp3) is 0.667. The maximum atomic E-state index is 3.86. The minimum Gasteiger partial charge on any atom is -0.0646 e. The molecule has 0 heterocycles. The van der Waals surface area contributed by atoms with E-state index >= 15 is 0 Å². The Labute approximate surface area is 159 Å². The van der Waals surface area contributed by atoms with Crippen LogP contribution in [0.5, 0.6) is 0 Å². The summed E-state index contributed by atoms with van der Waals surface area (Å²) < 4.78 is 0. The van der Waals surface area contributed by atoms with Crippen molar-refractivity contribution in [2.45, 2.75) is 82.1 Å². The lowest BCUT2D eigenvalue weighted by molar-refractivity contribution is 0.433. The second-order valence-electron chi connectivity index (χ2n) is 9.46. The molecular weight excluding hydrogens is 316 g/mol. The largest absolute Gasteiger partial charge is 0.0890 e. The van der Waals surface area contributed by atoms with E-state index < -0.39 is 9.52 Å². The first-order valence-electron chi connectivity index (χ1n) is 10.1. The Morgan fingerprint density at radius 2 is 1.08 bits per heavy atom. The predicted molar refractivity (Wildman–Crippen MR) is 114 cm³/mol. The van der Waals surface area contributed by atoms with E-state index in [4.69, 9.17) is 0 Å². The average molecular weight is 355 g/mol. The van der Waals surface area contributed by atoms with Crippen LogP contribution < -0.4 is 0 Å². The third kappa shape index (κ3) is 3.68. The van der Waals surface area contributed by atoms with Crippen molar-refractivity contribution >= 4 is 9.52 Å². The number of rotatable bonds is 6. The minimum atomic E-state index is -0.541. The van der Waals surface area contributed by atoms with Crippen molar-refractivity contribution in [1.29, 1.82) is 0 Å². The molecule has 0 nitrogen and oxygen atoms in total. The van der Waals surface area contributed by atoms with Crippen molar-refractivity contribution in [2.75, 3.05) is 0 Å². The van der Waals surface area contributed by atoms with Gasteiger partial charge in [0, 0.05) is 11.8 Å². The topological polar surface area (TPSA) is 0 Å². The van der Waals surface area contributed by atoms with Crippen molar-refractivity contribution in [1.82, 2.24) is 0 Å². The normalized spacial score (nSPS) is 25.5. The molecule has 138 valence electrons. The Balaban J connectivity index is 2.42. The summed E-state index contributed by atoms with van der Waals surface area (Å²) in [7, 11) is -0.541. The Morgan fingerprint density at radius 3 is 1.36 bits per heavy atom. The Bertz CT molecular complexity index is 606. The van der Waals surface area contributed by atoms with Crippen LogP contribution in [0, 0.1) is 34.8 Å². The van der Waals surface area contributed by atoms with Crippen LogP contribution in [-0.2, 0) is 0 Å². The number of allylic oxidation sites excluding steroid dienone is 8. The lowest BCUT2D eigenvalue weighted by atomic mass is 9.79. The molecule has 2 rings (SSSR count). The van der Waals surface area contributed by atoms with E-state index in [0.717, 1.165) is 0 Å². The first-order chi connectivity index (χ1) is 11.5. The maximum absolute atomic E-state index is 3.86. The molecule has 2 atom stereocenters. The maximum Gasteiger partial charge on any atom is 0.0890 e. The molecular formula is C24H38Si. The molecule has 2 unspecified atom stereocenters. The second kappa shape index (κ2) is 7.06. The molecule has 0 aromatic carbocycles. The molecule has 0 aliphatic heterocycles. The summed E-state index contributed by atoms with van der Waals surface area (Å²) in [5.41, 5.74) is 6.86. The van der Waals surface area contributed by atoms with Crippen LogP contribution in [0.1, 0.15) is 82.1 Å². The van der Waals surface area contributed by atoms with Crippen molar-refractivity contribution in [2.24, 2.45) is 22.7 Å². The Morgan fingerprint density at radius 1 is 0.760 bits per heavy atom. The van der Waals surface area contributed by atoms with Crippen LogP contribution in [0.15, 0.2) is 32.7 Å². The number of hydrogen-bond acceptors (Lipinski definition) is 0. The van der Waals surface area contributed by atoms with Crippen LogP contribution in [0.3, 0.4) is 0 Å². The first kappa shape index (κ1) is 20.5. The highest BCUT2D eigenvalue weighted by Gasteiger charge is 2.36. The van der Waals surface area contributed by atoms with Crippen LogP contribution in [-0.4, -0.2) is 9.52 Å². The van der Waals surface area contributed by atoms with Crippen LogP contribution in [0.25, 0.3) is 0 Å². The first-order valence-corrected chi connectivity index (χ1v) is 11.6. The molecule has 0 N–H and O–H groups in total. The molecule has 2 aliphatic rings. The molecule has 25 heavy (non-hydrogen) atoms. The molecule has 0 saturated carbocycles. The van der Waals surface area contributed by atoms with E-state index in [1.165, 1.54) is 12.8 Å². The lowest BCUT2D eigenvalue weighted by Gasteiger charge is -2.31. The van der Waals surface area contributed by atoms with E-state index in [1.807, 2.05) is 0 Å². The summed E-state index contributed by atoms with van der Waals surface area (Å²) in [5.74, 6) is 0.964. The predicted octanol–water partition coefficient (Wildman–Crippen LogP) is 6.33. The van der Waals surface area contributed by atoms with Gasteiger partial charge in [0.05, 0.1) is 9.52 Å². The van der Waals surface area contributed by atoms with Crippen molar-refractivity contribution in [3.63, 3.8) is 0 Å². The molecule has 2 radical (unpaired) electrons. The Kier molecular flexibility index (Phi) is 5.79. The summed E-state index contributed by atoms with van der Waals surface area (Å²) in [5, 5.41) is 3.15. The van der Waals surface area contributed by atoms with Crippen LogP contribution >= 0.6 is 0 Å². The third-order valence-electron chi connectivity index (χ3n) is 6.95. The van der Waals surface area contributed by atoms with Gasteiger partial charge in [-0.25, -0.2) is 0 Å². The highest BCUT2D eigenvalue weighted by Crippen LogP contribution is 2.47. The third-order valence-corrected chi connectivity index (χ3v) is 8.77. The highest BCUT2D eigenvalue weighted by molar-refractivity contribution is 6.56. The van der Waals surface area contributed by atoms with Gasteiger partial charge in [0.2, 0.25) is 0 Å². The standard InChI is InChI=1S/C24H38Si/c1-11-23(7,8)21-17(5)15(3)13-19(21)25-20-14-16(4)18(6)22(20)24(9,10)12-2/h15-16H,11-12,25H2,1-10H3. The van der Waals surface area contributed by atoms with Gasteiger partial charge in [-0.05, 0) is 60.8 Å². The van der Waals surface area contributed by atoms with Gasteiger partial charge >= 0.3 is 0 Å². The molecule has 0 aromatic rings. The molecule has 0 bridgehead atoms. The van der Waals surface area contributed by atoms with Gasteiger partial charge in [-0.1, -0.05) is 76.9 Å². The van der Waals surface area contributed by atoms with Gasteiger partial charge in [-0.2, -0.15) is 0 Å². The van der Waals surface area contributed by atoms with Gasteiger partial charge in [0.25, 0.3) is 0 Å². The molecule has 0 amide bonds. The zero-order valence-corrected chi connectivity index (χ0v) is 19.7. The Hall–Kier alpha value is -0.823. The van der Waals surface area contributed by atoms with E-state index in [2.05, 4.69) is 81.4 Å². The summed E-state index contributed by atoms with van der Waals surface area (Å²) in [4.78, 5) is 0. The van der Waals surface area contributed by atoms with E-state index in [1.54, 1.807) is 32.7 Å².